The summed E-state index contributed by atoms with van der Waals surface area (Å²) in [4.78, 5) is 16.4. The zero-order valence-corrected chi connectivity index (χ0v) is 15.8. The van der Waals surface area contributed by atoms with E-state index >= 15 is 0 Å². The fourth-order valence-corrected chi connectivity index (χ4v) is 3.12. The highest BCUT2D eigenvalue weighted by molar-refractivity contribution is 5.68. The summed E-state index contributed by atoms with van der Waals surface area (Å²) in [6.45, 7) is 8.33. The molecule has 1 aliphatic rings. The number of aryl methyl sites for hydroxylation is 1. The predicted octanol–water partition coefficient (Wildman–Crippen LogP) is 1.85. The van der Waals surface area contributed by atoms with Gasteiger partial charge in [0.15, 0.2) is 5.82 Å². The van der Waals surface area contributed by atoms with Crippen molar-refractivity contribution >= 4 is 6.09 Å². The molecule has 1 fully saturated rings. The minimum atomic E-state index is -0.481. The molecule has 1 saturated heterocycles. The van der Waals surface area contributed by atoms with Crippen molar-refractivity contribution in [2.75, 3.05) is 26.2 Å². The maximum absolute atomic E-state index is 12.3. The number of hydrogen-bond acceptors (Lipinski definition) is 6. The molecule has 0 radical (unpaired) electrons. The van der Waals surface area contributed by atoms with Crippen LogP contribution in [0.15, 0.2) is 30.3 Å². The Labute approximate surface area is 153 Å². The molecule has 0 bridgehead atoms. The molecule has 1 aliphatic heterocycles. The largest absolute Gasteiger partial charge is 0.444 e. The lowest BCUT2D eigenvalue weighted by Gasteiger charge is -2.39. The first kappa shape index (κ1) is 18.3. The summed E-state index contributed by atoms with van der Waals surface area (Å²) in [5, 5.41) is 12.0. The second-order valence-electron chi connectivity index (χ2n) is 7.48. The van der Waals surface area contributed by atoms with E-state index in [0.717, 1.165) is 24.5 Å². The number of carbonyl (C=O) groups is 1. The van der Waals surface area contributed by atoms with Gasteiger partial charge in [-0.15, -0.1) is 5.10 Å². The molecule has 140 valence electrons. The van der Waals surface area contributed by atoms with E-state index in [2.05, 4.69) is 32.6 Å². The number of tetrazole rings is 1. The predicted molar refractivity (Wildman–Crippen MR) is 96.5 cm³/mol. The van der Waals surface area contributed by atoms with E-state index in [1.165, 1.54) is 0 Å². The molecule has 0 unspecified atom stereocenters. The van der Waals surface area contributed by atoms with E-state index in [-0.39, 0.29) is 12.1 Å². The Balaban J connectivity index is 1.74. The van der Waals surface area contributed by atoms with Gasteiger partial charge in [0, 0.05) is 33.2 Å². The third-order valence-corrected chi connectivity index (χ3v) is 4.34. The number of nitrogens with zero attached hydrogens (tertiary/aromatic N) is 6. The Morgan fingerprint density at radius 1 is 1.12 bits per heavy atom. The number of carbonyl (C=O) groups excluding carboxylic acids is 1. The first-order valence-corrected chi connectivity index (χ1v) is 8.84. The SMILES string of the molecule is Cn1nnnc1[C@H](c1ccccc1)N1CCN(C(=O)OC(C)(C)C)CC1. The fourth-order valence-electron chi connectivity index (χ4n) is 3.12. The van der Waals surface area contributed by atoms with Gasteiger partial charge >= 0.3 is 6.09 Å². The summed E-state index contributed by atoms with van der Waals surface area (Å²) >= 11 is 0. The molecule has 1 atom stereocenters. The van der Waals surface area contributed by atoms with Gasteiger partial charge in [-0.2, -0.15) is 0 Å². The van der Waals surface area contributed by atoms with Crippen molar-refractivity contribution in [3.8, 4) is 0 Å². The van der Waals surface area contributed by atoms with Gasteiger partial charge in [-0.25, -0.2) is 9.48 Å². The lowest BCUT2D eigenvalue weighted by Crippen LogP contribution is -2.51. The highest BCUT2D eigenvalue weighted by atomic mass is 16.6. The van der Waals surface area contributed by atoms with Gasteiger partial charge in [-0.1, -0.05) is 30.3 Å². The average molecular weight is 358 g/mol. The minimum Gasteiger partial charge on any atom is -0.444 e. The van der Waals surface area contributed by atoms with Crippen molar-refractivity contribution in [1.82, 2.24) is 30.0 Å². The van der Waals surface area contributed by atoms with E-state index in [1.54, 1.807) is 9.58 Å². The molecular formula is C18H26N6O2. The molecule has 8 heteroatoms. The second kappa shape index (κ2) is 7.41. The third kappa shape index (κ3) is 4.19. The van der Waals surface area contributed by atoms with Crippen molar-refractivity contribution in [2.45, 2.75) is 32.4 Å². The third-order valence-electron chi connectivity index (χ3n) is 4.34. The number of hydrogen-bond donors (Lipinski definition) is 0. The number of aromatic nitrogens is 4. The molecule has 0 saturated carbocycles. The van der Waals surface area contributed by atoms with Crippen LogP contribution in [-0.4, -0.2) is 67.9 Å². The van der Waals surface area contributed by atoms with Gasteiger partial charge in [-0.05, 0) is 36.8 Å². The molecule has 8 nitrogen and oxygen atoms in total. The van der Waals surface area contributed by atoms with E-state index in [1.807, 2.05) is 46.0 Å². The molecule has 2 heterocycles. The monoisotopic (exact) mass is 358 g/mol. The smallest absolute Gasteiger partial charge is 0.410 e. The molecule has 0 spiro atoms. The Hall–Kier alpha value is -2.48. The van der Waals surface area contributed by atoms with Crippen LogP contribution in [0.2, 0.25) is 0 Å². The maximum Gasteiger partial charge on any atom is 0.410 e. The number of benzene rings is 1. The molecule has 26 heavy (non-hydrogen) atoms. The van der Waals surface area contributed by atoms with E-state index in [0.29, 0.717) is 13.1 Å². The van der Waals surface area contributed by atoms with Crippen LogP contribution in [0.4, 0.5) is 4.79 Å². The first-order chi connectivity index (χ1) is 12.3. The zero-order chi connectivity index (χ0) is 18.7. The van der Waals surface area contributed by atoms with Crippen molar-refractivity contribution in [3.63, 3.8) is 0 Å². The van der Waals surface area contributed by atoms with Crippen LogP contribution in [-0.2, 0) is 11.8 Å². The van der Waals surface area contributed by atoms with Crippen LogP contribution >= 0.6 is 0 Å². The highest BCUT2D eigenvalue weighted by Crippen LogP contribution is 2.27. The summed E-state index contributed by atoms with van der Waals surface area (Å²) in [5.41, 5.74) is 0.654. The quantitative estimate of drug-likeness (QED) is 0.833. The van der Waals surface area contributed by atoms with Crippen LogP contribution in [0, 0.1) is 0 Å². The van der Waals surface area contributed by atoms with Crippen molar-refractivity contribution in [2.24, 2.45) is 7.05 Å². The Morgan fingerprint density at radius 2 is 1.77 bits per heavy atom. The Morgan fingerprint density at radius 3 is 2.31 bits per heavy atom. The molecule has 1 aromatic heterocycles. The van der Waals surface area contributed by atoms with E-state index in [9.17, 15) is 4.79 Å². The molecule has 1 aromatic carbocycles. The topological polar surface area (TPSA) is 76.4 Å². The van der Waals surface area contributed by atoms with Crippen LogP contribution in [0.5, 0.6) is 0 Å². The van der Waals surface area contributed by atoms with E-state index in [4.69, 9.17) is 4.74 Å². The lowest BCUT2D eigenvalue weighted by molar-refractivity contribution is 0.0115. The maximum atomic E-state index is 12.3. The Kier molecular flexibility index (Phi) is 5.22. The van der Waals surface area contributed by atoms with Crippen molar-refractivity contribution < 1.29 is 9.53 Å². The molecule has 2 aromatic rings. The average Bonchev–Trinajstić information content (AvgIpc) is 3.01. The zero-order valence-electron chi connectivity index (χ0n) is 15.8. The minimum absolute atomic E-state index is 0.0445. The van der Waals surface area contributed by atoms with Gasteiger partial charge in [-0.3, -0.25) is 4.90 Å². The number of amides is 1. The normalized spacial score (nSPS) is 17.2. The summed E-state index contributed by atoms with van der Waals surface area (Å²) in [5.74, 6) is 0.793. The summed E-state index contributed by atoms with van der Waals surface area (Å²) < 4.78 is 7.19. The van der Waals surface area contributed by atoms with Crippen molar-refractivity contribution in [1.29, 1.82) is 0 Å². The van der Waals surface area contributed by atoms with Crippen LogP contribution in [0.3, 0.4) is 0 Å². The molecule has 3 rings (SSSR count). The van der Waals surface area contributed by atoms with Crippen molar-refractivity contribution in [3.05, 3.63) is 41.7 Å². The van der Waals surface area contributed by atoms with Crippen LogP contribution in [0.25, 0.3) is 0 Å². The summed E-state index contributed by atoms with van der Waals surface area (Å²) in [7, 11) is 1.85. The molecular weight excluding hydrogens is 332 g/mol. The standard InChI is InChI=1S/C18H26N6O2/c1-18(2,3)26-17(25)24-12-10-23(11-13-24)15(14-8-6-5-7-9-14)16-19-20-21-22(16)4/h5-9,15H,10-13H2,1-4H3/t15-/m0/s1. The number of piperazine rings is 1. The van der Waals surface area contributed by atoms with Gasteiger partial charge in [0.05, 0.1) is 6.04 Å². The summed E-state index contributed by atoms with van der Waals surface area (Å²) in [6, 6.07) is 10.2. The molecule has 0 N–H and O–H groups in total. The Bertz CT molecular complexity index is 732. The van der Waals surface area contributed by atoms with Gasteiger partial charge < -0.3 is 9.64 Å². The molecule has 1 amide bonds. The van der Waals surface area contributed by atoms with Gasteiger partial charge in [0.25, 0.3) is 0 Å². The second-order valence-corrected chi connectivity index (χ2v) is 7.48. The highest BCUT2D eigenvalue weighted by Gasteiger charge is 2.32. The lowest BCUT2D eigenvalue weighted by atomic mass is 10.0. The fraction of sp³-hybridized carbons (Fsp3) is 0.556. The van der Waals surface area contributed by atoms with Gasteiger partial charge in [0.2, 0.25) is 0 Å². The summed E-state index contributed by atoms with van der Waals surface area (Å²) in [6.07, 6.45) is -0.256. The number of rotatable bonds is 3. The van der Waals surface area contributed by atoms with E-state index < -0.39 is 5.60 Å². The number of ether oxygens (including phenoxy) is 1. The van der Waals surface area contributed by atoms with Gasteiger partial charge in [0.1, 0.15) is 5.60 Å². The molecule has 0 aliphatic carbocycles. The first-order valence-electron chi connectivity index (χ1n) is 8.84. The van der Waals surface area contributed by atoms with Crippen LogP contribution in [0.1, 0.15) is 38.2 Å². The van der Waals surface area contributed by atoms with Crippen LogP contribution < -0.4 is 0 Å².